The topological polar surface area (TPSA) is 63.0 Å². The van der Waals surface area contributed by atoms with Gasteiger partial charge in [0, 0.05) is 25.8 Å². The minimum absolute atomic E-state index is 0. The molecule has 0 spiro atoms. The molecule has 0 rings (SSSR count). The first-order chi connectivity index (χ1) is 2.00. The van der Waals surface area contributed by atoms with Crippen molar-refractivity contribution in [2.75, 3.05) is 0 Å². The van der Waals surface area contributed by atoms with Crippen molar-refractivity contribution in [1.29, 1.82) is 0 Å². The van der Waals surface area contributed by atoms with Gasteiger partial charge in [0.15, 0.2) is 0 Å². The molecule has 0 aliphatic heterocycles. The number of hydrogen-bond acceptors (Lipinski definition) is 0. The van der Waals surface area contributed by atoms with Crippen molar-refractivity contribution in [2.45, 2.75) is 13.8 Å². The van der Waals surface area contributed by atoms with Crippen LogP contribution in [0.1, 0.15) is 13.8 Å². The molecule has 0 aromatic rings. The Morgan fingerprint density at radius 2 is 0.714 bits per heavy atom. The molecule has 0 saturated heterocycles. The Hall–Kier alpha value is 0.790. The van der Waals surface area contributed by atoms with E-state index in [0.717, 1.165) is 0 Å². The average molecular weight is 273 g/mol. The van der Waals surface area contributed by atoms with Gasteiger partial charge in [0.05, 0.1) is 0 Å². The van der Waals surface area contributed by atoms with Gasteiger partial charge >= 0.3 is 0 Å². The smallest absolute Gasteiger partial charge is 0 e. The Kier molecular flexibility index (Phi) is 2400. The van der Waals surface area contributed by atoms with E-state index < -0.39 is 0 Å². The van der Waals surface area contributed by atoms with Gasteiger partial charge in [-0.1, -0.05) is 0 Å². The van der Waals surface area contributed by atoms with E-state index in [1.54, 1.807) is 13.8 Å². The van der Waals surface area contributed by atoms with Crippen molar-refractivity contribution in [2.24, 2.45) is 0 Å². The second-order valence-corrected chi connectivity index (χ2v) is 0. The van der Waals surface area contributed by atoms with E-state index >= 15 is 0 Å². The molecule has 4 N–H and O–H groups in total. The maximum atomic E-state index is 3.25. The molecule has 0 aliphatic rings. The summed E-state index contributed by atoms with van der Waals surface area (Å²) in [4.78, 5) is 0. The van der Waals surface area contributed by atoms with Crippen LogP contribution in [0.4, 0.5) is 0 Å². The maximum absolute atomic E-state index is 3.25. The van der Waals surface area contributed by atoms with Crippen molar-refractivity contribution in [3.05, 3.63) is 13.8 Å². The van der Waals surface area contributed by atoms with E-state index in [1.165, 1.54) is 0 Å². The maximum Gasteiger partial charge on any atom is 0 e. The Labute approximate surface area is 64.7 Å². The molecular formula is C4H14HfO2-2. The zero-order valence-electron chi connectivity index (χ0n) is 4.91. The van der Waals surface area contributed by atoms with E-state index in [1.807, 2.05) is 0 Å². The van der Waals surface area contributed by atoms with Crippen LogP contribution in [0.3, 0.4) is 0 Å². The third kappa shape index (κ3) is 250. The number of rotatable bonds is 0. The second kappa shape index (κ2) is 365. The fourth-order valence-corrected chi connectivity index (χ4v) is 0. The fraction of sp³-hybridized carbons (Fsp3) is 0.500. The van der Waals surface area contributed by atoms with Crippen molar-refractivity contribution in [3.8, 4) is 0 Å². The minimum atomic E-state index is 0. The van der Waals surface area contributed by atoms with Gasteiger partial charge in [0.2, 0.25) is 0 Å². The summed E-state index contributed by atoms with van der Waals surface area (Å²) in [5.74, 6) is 0. The summed E-state index contributed by atoms with van der Waals surface area (Å²) in [6.07, 6.45) is 0. The average Bonchev–Trinajstić information content (AvgIpc) is 1.50. The molecule has 48 valence electrons. The molecule has 0 aliphatic carbocycles. The fourth-order valence-electron chi connectivity index (χ4n) is 0. The summed E-state index contributed by atoms with van der Waals surface area (Å²) in [6, 6.07) is 0. The summed E-state index contributed by atoms with van der Waals surface area (Å²) in [5, 5.41) is 0. The Bertz CT molecular complexity index is 9.65. The third-order valence-corrected chi connectivity index (χ3v) is 0. The molecule has 0 unspecified atom stereocenters. The van der Waals surface area contributed by atoms with Crippen LogP contribution in [0.2, 0.25) is 0 Å². The van der Waals surface area contributed by atoms with E-state index in [-0.39, 0.29) is 36.8 Å². The van der Waals surface area contributed by atoms with Crippen molar-refractivity contribution in [1.82, 2.24) is 0 Å². The molecule has 0 bridgehead atoms. The Balaban J connectivity index is -0.00000000267. The molecule has 0 amide bonds. The molecule has 0 saturated carbocycles. The summed E-state index contributed by atoms with van der Waals surface area (Å²) in [6.45, 7) is 10.0. The van der Waals surface area contributed by atoms with Crippen LogP contribution in [0.15, 0.2) is 0 Å². The van der Waals surface area contributed by atoms with Gasteiger partial charge in [-0.15, -0.1) is 0 Å². The zero-order chi connectivity index (χ0) is 4.00. The molecule has 0 fully saturated rings. The number of hydrogen-bond donors (Lipinski definition) is 0. The SMILES string of the molecule is O.O.[CH2-]C.[CH2-]C.[Hf]. The van der Waals surface area contributed by atoms with Gasteiger partial charge in [-0.25, -0.2) is 0 Å². The van der Waals surface area contributed by atoms with Gasteiger partial charge < -0.3 is 24.8 Å². The largest absolute Gasteiger partial charge is 0.412 e. The van der Waals surface area contributed by atoms with Crippen LogP contribution < -0.4 is 0 Å². The normalized spacial score (nSPS) is 1.71. The van der Waals surface area contributed by atoms with Gasteiger partial charge in [-0.05, 0) is 0 Å². The minimum Gasteiger partial charge on any atom is -0.412 e. The molecule has 0 atom stereocenters. The van der Waals surface area contributed by atoms with E-state index in [2.05, 4.69) is 13.8 Å². The first-order valence-electron chi connectivity index (χ1n) is 1.41. The zero-order valence-corrected chi connectivity index (χ0v) is 8.51. The molecule has 3 heteroatoms. The van der Waals surface area contributed by atoms with E-state index in [9.17, 15) is 0 Å². The molecule has 7 heavy (non-hydrogen) atoms. The molecular weight excluding hydrogens is 259 g/mol. The monoisotopic (exact) mass is 274 g/mol. The quantitative estimate of drug-likeness (QED) is 0.441. The third-order valence-electron chi connectivity index (χ3n) is 0. The summed E-state index contributed by atoms with van der Waals surface area (Å²) in [5.41, 5.74) is 0. The summed E-state index contributed by atoms with van der Waals surface area (Å²) >= 11 is 0. The van der Waals surface area contributed by atoms with Crippen LogP contribution in [0.25, 0.3) is 0 Å². The Morgan fingerprint density at radius 3 is 0.714 bits per heavy atom. The molecule has 0 radical (unpaired) electrons. The van der Waals surface area contributed by atoms with Crippen molar-refractivity contribution < 1.29 is 36.8 Å². The Morgan fingerprint density at radius 1 is 0.714 bits per heavy atom. The van der Waals surface area contributed by atoms with Gasteiger partial charge in [0.25, 0.3) is 0 Å². The predicted octanol–water partition coefficient (Wildman–Crippen LogP) is 0.0289. The van der Waals surface area contributed by atoms with Crippen LogP contribution in [0, 0.1) is 13.8 Å². The van der Waals surface area contributed by atoms with Crippen molar-refractivity contribution in [3.63, 3.8) is 0 Å². The first-order valence-corrected chi connectivity index (χ1v) is 1.41. The summed E-state index contributed by atoms with van der Waals surface area (Å²) < 4.78 is 0. The predicted molar refractivity (Wildman–Crippen MR) is 29.3 cm³/mol. The van der Waals surface area contributed by atoms with Gasteiger partial charge in [-0.3, -0.25) is 0 Å². The van der Waals surface area contributed by atoms with Gasteiger partial charge in [0.1, 0.15) is 0 Å². The van der Waals surface area contributed by atoms with Crippen LogP contribution in [-0.2, 0) is 25.8 Å². The summed E-state index contributed by atoms with van der Waals surface area (Å²) in [7, 11) is 0. The standard InChI is InChI=1S/2C2H5.Hf.2H2O/c2*1-2;;;/h2*1H2,2H3;;2*1H2/q2*-1;;;. The van der Waals surface area contributed by atoms with E-state index in [4.69, 9.17) is 0 Å². The second-order valence-electron chi connectivity index (χ2n) is 0. The molecule has 2 nitrogen and oxygen atoms in total. The van der Waals surface area contributed by atoms with Crippen LogP contribution in [0.5, 0.6) is 0 Å². The molecule has 0 aromatic carbocycles. The van der Waals surface area contributed by atoms with E-state index in [0.29, 0.717) is 0 Å². The van der Waals surface area contributed by atoms with Crippen LogP contribution >= 0.6 is 0 Å². The van der Waals surface area contributed by atoms with Gasteiger partial charge in [-0.2, -0.15) is 13.8 Å². The van der Waals surface area contributed by atoms with Crippen molar-refractivity contribution >= 4 is 0 Å². The first kappa shape index (κ1) is 46.1. The molecule has 0 heterocycles. The molecule has 0 aromatic heterocycles. The van der Waals surface area contributed by atoms with Crippen LogP contribution in [-0.4, -0.2) is 11.0 Å².